The summed E-state index contributed by atoms with van der Waals surface area (Å²) in [5.41, 5.74) is 0. The van der Waals surface area contributed by atoms with E-state index in [0.29, 0.717) is 17.2 Å². The van der Waals surface area contributed by atoms with Gasteiger partial charge in [0.1, 0.15) is 18.2 Å². The average molecular weight is 310 g/mol. The maximum Gasteiger partial charge on any atom is 0.158 e. The van der Waals surface area contributed by atoms with Crippen LogP contribution in [0.4, 0.5) is 11.6 Å². The van der Waals surface area contributed by atoms with Crippen molar-refractivity contribution in [3.63, 3.8) is 0 Å². The van der Waals surface area contributed by atoms with Gasteiger partial charge in [-0.2, -0.15) is 11.8 Å². The molecule has 0 spiro atoms. The van der Waals surface area contributed by atoms with E-state index in [-0.39, 0.29) is 0 Å². The highest BCUT2D eigenvalue weighted by atomic mass is 32.2. The Labute approximate surface area is 131 Å². The van der Waals surface area contributed by atoms with E-state index in [2.05, 4.69) is 33.8 Å². The molecule has 118 valence electrons. The summed E-state index contributed by atoms with van der Waals surface area (Å²) in [5, 5.41) is 6.75. The third kappa shape index (κ3) is 4.48. The van der Waals surface area contributed by atoms with Crippen LogP contribution in [-0.2, 0) is 11.3 Å². The molecular weight excluding hydrogens is 284 g/mol. The highest BCUT2D eigenvalue weighted by molar-refractivity contribution is 8.00. The molecule has 5 nitrogen and oxygen atoms in total. The van der Waals surface area contributed by atoms with Crippen LogP contribution in [0.25, 0.3) is 0 Å². The largest absolute Gasteiger partial charge is 0.377 e. The number of ether oxygens (including phenoxy) is 1. The lowest BCUT2D eigenvalue weighted by molar-refractivity contribution is 0.178. The quantitative estimate of drug-likeness (QED) is 0.769. The second kappa shape index (κ2) is 7.84. The van der Waals surface area contributed by atoms with Gasteiger partial charge in [-0.1, -0.05) is 12.8 Å². The minimum absolute atomic E-state index is 0.366. The summed E-state index contributed by atoms with van der Waals surface area (Å²) in [6.07, 6.45) is 7.47. The van der Waals surface area contributed by atoms with Crippen LogP contribution >= 0.6 is 11.8 Å². The van der Waals surface area contributed by atoms with Crippen LogP contribution in [0.3, 0.4) is 0 Å². The summed E-state index contributed by atoms with van der Waals surface area (Å²) < 4.78 is 5.52. The Bertz CT molecular complexity index is 425. The van der Waals surface area contributed by atoms with Crippen molar-refractivity contribution < 1.29 is 4.74 Å². The number of anilines is 2. The highest BCUT2D eigenvalue weighted by Gasteiger charge is 2.32. The molecule has 0 unspecified atom stereocenters. The number of hydrogen-bond donors (Lipinski definition) is 2. The summed E-state index contributed by atoms with van der Waals surface area (Å²) in [6.45, 7) is 4.30. The van der Waals surface area contributed by atoms with Gasteiger partial charge in [0.15, 0.2) is 5.82 Å². The van der Waals surface area contributed by atoms with Crippen molar-refractivity contribution in [1.82, 2.24) is 9.97 Å². The lowest BCUT2D eigenvalue weighted by Gasteiger charge is -2.27. The maximum absolute atomic E-state index is 5.15. The first-order chi connectivity index (χ1) is 10.2. The number of methoxy groups -OCH3 is 1. The fourth-order valence-corrected chi connectivity index (χ4v) is 3.69. The van der Waals surface area contributed by atoms with Crippen LogP contribution in [0.5, 0.6) is 0 Å². The molecule has 0 saturated heterocycles. The van der Waals surface area contributed by atoms with E-state index < -0.39 is 0 Å². The van der Waals surface area contributed by atoms with E-state index in [1.165, 1.54) is 25.7 Å². The van der Waals surface area contributed by atoms with E-state index >= 15 is 0 Å². The first kappa shape index (κ1) is 16.4. The Kier molecular flexibility index (Phi) is 6.11. The minimum Gasteiger partial charge on any atom is -0.377 e. The van der Waals surface area contributed by atoms with Crippen LogP contribution in [0.1, 0.15) is 38.4 Å². The molecule has 0 aromatic carbocycles. The number of hydrogen-bond acceptors (Lipinski definition) is 6. The third-order valence-corrected chi connectivity index (χ3v) is 5.36. The molecule has 2 N–H and O–H groups in total. The zero-order valence-corrected chi connectivity index (χ0v) is 14.1. The molecule has 1 aromatic rings. The predicted molar refractivity (Wildman–Crippen MR) is 90.1 cm³/mol. The van der Waals surface area contributed by atoms with Gasteiger partial charge in [0, 0.05) is 31.0 Å². The predicted octanol–water partition coefficient (Wildman–Crippen LogP) is 3.14. The molecule has 0 aliphatic heterocycles. The van der Waals surface area contributed by atoms with Crippen LogP contribution < -0.4 is 10.6 Å². The van der Waals surface area contributed by atoms with Crippen molar-refractivity contribution in [2.24, 2.45) is 0 Å². The van der Waals surface area contributed by atoms with Crippen molar-refractivity contribution in [1.29, 1.82) is 0 Å². The first-order valence-electron chi connectivity index (χ1n) is 7.61. The molecule has 0 amide bonds. The molecule has 1 saturated carbocycles. The zero-order chi connectivity index (χ0) is 15.1. The maximum atomic E-state index is 5.15. The van der Waals surface area contributed by atoms with Crippen molar-refractivity contribution in [2.75, 3.05) is 37.1 Å². The van der Waals surface area contributed by atoms with Gasteiger partial charge in [-0.15, -0.1) is 0 Å². The van der Waals surface area contributed by atoms with Gasteiger partial charge >= 0.3 is 0 Å². The topological polar surface area (TPSA) is 59.1 Å². The van der Waals surface area contributed by atoms with E-state index in [1.807, 2.05) is 17.8 Å². The zero-order valence-electron chi connectivity index (χ0n) is 13.2. The molecule has 1 aromatic heterocycles. The minimum atomic E-state index is 0.366. The molecule has 2 rings (SSSR count). The summed E-state index contributed by atoms with van der Waals surface area (Å²) >= 11 is 1.98. The fourth-order valence-electron chi connectivity index (χ4n) is 2.78. The smallest absolute Gasteiger partial charge is 0.158 e. The lowest BCUT2D eigenvalue weighted by Crippen LogP contribution is -2.30. The lowest BCUT2D eigenvalue weighted by atomic mass is 10.1. The van der Waals surface area contributed by atoms with Crippen LogP contribution in [0, 0.1) is 0 Å². The molecule has 1 heterocycles. The van der Waals surface area contributed by atoms with Gasteiger partial charge in [0.25, 0.3) is 0 Å². The summed E-state index contributed by atoms with van der Waals surface area (Å²) in [4.78, 5) is 8.97. The van der Waals surface area contributed by atoms with Crippen LogP contribution in [0.2, 0.25) is 0 Å². The van der Waals surface area contributed by atoms with Gasteiger partial charge in [-0.25, -0.2) is 9.97 Å². The number of nitrogens with one attached hydrogen (secondary N) is 2. The molecule has 0 bridgehead atoms. The summed E-state index contributed by atoms with van der Waals surface area (Å²) in [5.74, 6) is 2.45. The molecule has 1 aliphatic carbocycles. The molecule has 1 aliphatic rings. The summed E-state index contributed by atoms with van der Waals surface area (Å²) in [7, 11) is 1.66. The van der Waals surface area contributed by atoms with E-state index in [9.17, 15) is 0 Å². The van der Waals surface area contributed by atoms with Gasteiger partial charge in [-0.05, 0) is 26.0 Å². The first-order valence-corrected chi connectivity index (χ1v) is 8.83. The van der Waals surface area contributed by atoms with Crippen molar-refractivity contribution in [3.8, 4) is 0 Å². The SMILES string of the molecule is CCNc1cc(NCC2(SC)CCCC2)nc(COC)n1. The molecular formula is C15H26N4OS. The molecule has 0 radical (unpaired) electrons. The molecule has 6 heteroatoms. The van der Waals surface area contributed by atoms with Crippen molar-refractivity contribution in [2.45, 2.75) is 44.0 Å². The standard InChI is InChI=1S/C15H26N4OS/c1-4-16-12-9-13(19-14(18-12)10-20-2)17-11-15(21-3)7-5-6-8-15/h9H,4-8,10-11H2,1-3H3,(H2,16,17,18,19). The Hall–Kier alpha value is -1.01. The Balaban J connectivity index is 2.07. The van der Waals surface area contributed by atoms with Crippen molar-refractivity contribution >= 4 is 23.4 Å². The Morgan fingerprint density at radius 2 is 1.90 bits per heavy atom. The van der Waals surface area contributed by atoms with E-state index in [0.717, 1.165) is 24.7 Å². The normalized spacial score (nSPS) is 16.9. The monoisotopic (exact) mass is 310 g/mol. The van der Waals surface area contributed by atoms with Gasteiger partial charge in [-0.3, -0.25) is 0 Å². The highest BCUT2D eigenvalue weighted by Crippen LogP contribution is 2.40. The van der Waals surface area contributed by atoms with Gasteiger partial charge in [0.05, 0.1) is 0 Å². The second-order valence-electron chi connectivity index (χ2n) is 5.47. The van der Waals surface area contributed by atoms with Crippen LogP contribution in [0.15, 0.2) is 6.07 Å². The van der Waals surface area contributed by atoms with Crippen LogP contribution in [-0.4, -0.2) is 41.2 Å². The number of rotatable bonds is 8. The Morgan fingerprint density at radius 1 is 1.24 bits per heavy atom. The summed E-state index contributed by atoms with van der Waals surface area (Å²) in [6, 6.07) is 1.98. The van der Waals surface area contributed by atoms with E-state index in [4.69, 9.17) is 4.74 Å². The van der Waals surface area contributed by atoms with Crippen molar-refractivity contribution in [3.05, 3.63) is 11.9 Å². The number of nitrogens with zero attached hydrogens (tertiary/aromatic N) is 2. The Morgan fingerprint density at radius 3 is 2.48 bits per heavy atom. The average Bonchev–Trinajstić information content (AvgIpc) is 2.95. The third-order valence-electron chi connectivity index (χ3n) is 3.94. The van der Waals surface area contributed by atoms with Gasteiger partial charge < -0.3 is 15.4 Å². The number of thioether (sulfide) groups is 1. The fraction of sp³-hybridized carbons (Fsp3) is 0.733. The molecule has 0 atom stereocenters. The molecule has 21 heavy (non-hydrogen) atoms. The second-order valence-corrected chi connectivity index (χ2v) is 6.74. The van der Waals surface area contributed by atoms with E-state index in [1.54, 1.807) is 7.11 Å². The van der Waals surface area contributed by atoms with Gasteiger partial charge in [0.2, 0.25) is 0 Å². The molecule has 1 fully saturated rings. The number of aromatic nitrogens is 2.